The second-order valence-corrected chi connectivity index (χ2v) is 5.78. The van der Waals surface area contributed by atoms with Gasteiger partial charge in [-0.25, -0.2) is 0 Å². The summed E-state index contributed by atoms with van der Waals surface area (Å²) < 4.78 is 5.69. The zero-order chi connectivity index (χ0) is 15.9. The van der Waals surface area contributed by atoms with Crippen LogP contribution in [-0.2, 0) is 0 Å². The van der Waals surface area contributed by atoms with Crippen molar-refractivity contribution in [3.8, 4) is 5.75 Å². The Bertz CT molecular complexity index is 608. The molecule has 0 amide bonds. The number of hydrogen-bond donors (Lipinski definition) is 1. The van der Waals surface area contributed by atoms with Gasteiger partial charge >= 0.3 is 0 Å². The summed E-state index contributed by atoms with van der Waals surface area (Å²) in [6, 6.07) is 16.1. The molecule has 3 nitrogen and oxygen atoms in total. The van der Waals surface area contributed by atoms with Gasteiger partial charge in [0.25, 0.3) is 0 Å². The highest BCUT2D eigenvalue weighted by Gasteiger charge is 2.05. The van der Waals surface area contributed by atoms with Crippen molar-refractivity contribution in [2.45, 2.75) is 13.8 Å². The summed E-state index contributed by atoms with van der Waals surface area (Å²) in [4.78, 5) is 1.98. The van der Waals surface area contributed by atoms with E-state index < -0.39 is 0 Å². The SMILES string of the molecule is Cc1cc(C)cc(NC(=S)N(C)CCOc2ccccc2)c1. The van der Waals surface area contributed by atoms with Crippen LogP contribution in [0.25, 0.3) is 0 Å². The van der Waals surface area contributed by atoms with E-state index in [2.05, 4.69) is 37.4 Å². The predicted octanol–water partition coefficient (Wildman–Crippen LogP) is 4.01. The van der Waals surface area contributed by atoms with Crippen LogP contribution < -0.4 is 10.1 Å². The van der Waals surface area contributed by atoms with Gasteiger partial charge in [-0.15, -0.1) is 0 Å². The number of rotatable bonds is 5. The molecule has 2 rings (SSSR count). The van der Waals surface area contributed by atoms with E-state index >= 15 is 0 Å². The molecular weight excluding hydrogens is 292 g/mol. The zero-order valence-corrected chi connectivity index (χ0v) is 14.1. The number of para-hydroxylation sites is 1. The smallest absolute Gasteiger partial charge is 0.173 e. The van der Waals surface area contributed by atoms with Crippen molar-refractivity contribution in [1.82, 2.24) is 4.90 Å². The summed E-state index contributed by atoms with van der Waals surface area (Å²) in [5.74, 6) is 0.879. The van der Waals surface area contributed by atoms with Crippen LogP contribution in [0.1, 0.15) is 11.1 Å². The second-order valence-electron chi connectivity index (χ2n) is 5.39. The van der Waals surface area contributed by atoms with E-state index in [1.165, 1.54) is 11.1 Å². The van der Waals surface area contributed by atoms with Crippen LogP contribution >= 0.6 is 12.2 Å². The van der Waals surface area contributed by atoms with Gasteiger partial charge in [-0.2, -0.15) is 0 Å². The third-order valence-corrected chi connectivity index (χ3v) is 3.67. The predicted molar refractivity (Wildman–Crippen MR) is 96.7 cm³/mol. The first kappa shape index (κ1) is 16.3. The fraction of sp³-hybridized carbons (Fsp3) is 0.278. The third kappa shape index (κ3) is 5.04. The Hall–Kier alpha value is -2.07. The second kappa shape index (κ2) is 7.80. The van der Waals surface area contributed by atoms with Gasteiger partial charge in [0, 0.05) is 12.7 Å². The van der Waals surface area contributed by atoms with Crippen molar-refractivity contribution in [3.05, 3.63) is 59.7 Å². The number of nitrogens with zero attached hydrogens (tertiary/aromatic N) is 1. The van der Waals surface area contributed by atoms with E-state index in [-0.39, 0.29) is 0 Å². The molecule has 0 fully saturated rings. The summed E-state index contributed by atoms with van der Waals surface area (Å²) in [5.41, 5.74) is 3.47. The average molecular weight is 314 g/mol. The highest BCUT2D eigenvalue weighted by molar-refractivity contribution is 7.80. The normalized spacial score (nSPS) is 10.1. The van der Waals surface area contributed by atoms with Crippen molar-refractivity contribution in [2.24, 2.45) is 0 Å². The minimum atomic E-state index is 0.592. The van der Waals surface area contributed by atoms with Crippen LogP contribution in [0.15, 0.2) is 48.5 Å². The Morgan fingerprint density at radius 2 is 1.73 bits per heavy atom. The van der Waals surface area contributed by atoms with Gasteiger partial charge < -0.3 is 15.0 Å². The molecule has 0 aliphatic carbocycles. The standard InChI is InChI=1S/C18H22N2OS/c1-14-11-15(2)13-16(12-14)19-18(22)20(3)9-10-21-17-7-5-4-6-8-17/h4-8,11-13H,9-10H2,1-3H3,(H,19,22). The molecule has 0 saturated heterocycles. The number of benzene rings is 2. The van der Waals surface area contributed by atoms with E-state index in [1.807, 2.05) is 42.3 Å². The Labute approximate surface area is 137 Å². The minimum absolute atomic E-state index is 0.592. The molecule has 0 spiro atoms. The summed E-state index contributed by atoms with van der Waals surface area (Å²) in [7, 11) is 1.96. The lowest BCUT2D eigenvalue weighted by atomic mass is 10.1. The Balaban J connectivity index is 1.81. The number of ether oxygens (including phenoxy) is 1. The van der Waals surface area contributed by atoms with Crippen LogP contribution in [0, 0.1) is 13.8 Å². The van der Waals surface area contributed by atoms with Gasteiger partial charge in [0.05, 0.1) is 6.54 Å². The van der Waals surface area contributed by atoms with E-state index in [9.17, 15) is 0 Å². The minimum Gasteiger partial charge on any atom is -0.492 e. The summed E-state index contributed by atoms with van der Waals surface area (Å²) in [5, 5.41) is 3.97. The molecule has 0 aromatic heterocycles. The van der Waals surface area contributed by atoms with Gasteiger partial charge in [-0.3, -0.25) is 0 Å². The number of aryl methyl sites for hydroxylation is 2. The Kier molecular flexibility index (Phi) is 5.78. The molecule has 0 aliphatic heterocycles. The van der Waals surface area contributed by atoms with Crippen LogP contribution in [0.5, 0.6) is 5.75 Å². The highest BCUT2D eigenvalue weighted by atomic mass is 32.1. The number of thiocarbonyl (C=S) groups is 1. The summed E-state index contributed by atoms with van der Waals surface area (Å²) in [6.45, 7) is 5.48. The molecule has 0 saturated carbocycles. The molecule has 22 heavy (non-hydrogen) atoms. The van der Waals surface area contributed by atoms with E-state index in [0.29, 0.717) is 11.7 Å². The average Bonchev–Trinajstić information content (AvgIpc) is 2.47. The first-order valence-electron chi connectivity index (χ1n) is 7.33. The Morgan fingerprint density at radius 1 is 1.09 bits per heavy atom. The maximum atomic E-state index is 5.69. The third-order valence-electron chi connectivity index (χ3n) is 3.26. The van der Waals surface area contributed by atoms with Crippen LogP contribution in [0.4, 0.5) is 5.69 Å². The number of likely N-dealkylation sites (N-methyl/N-ethyl adjacent to an activating group) is 1. The maximum Gasteiger partial charge on any atom is 0.173 e. The molecule has 0 heterocycles. The summed E-state index contributed by atoms with van der Waals surface area (Å²) in [6.07, 6.45) is 0. The number of hydrogen-bond acceptors (Lipinski definition) is 2. The van der Waals surface area contributed by atoms with Crippen molar-refractivity contribution in [1.29, 1.82) is 0 Å². The van der Waals surface area contributed by atoms with Gasteiger partial charge in [0.2, 0.25) is 0 Å². The van der Waals surface area contributed by atoms with E-state index in [0.717, 1.165) is 18.0 Å². The highest BCUT2D eigenvalue weighted by Crippen LogP contribution is 2.14. The molecule has 0 bridgehead atoms. The van der Waals surface area contributed by atoms with Crippen molar-refractivity contribution in [3.63, 3.8) is 0 Å². The molecule has 0 radical (unpaired) electrons. The van der Waals surface area contributed by atoms with E-state index in [4.69, 9.17) is 17.0 Å². The molecule has 116 valence electrons. The van der Waals surface area contributed by atoms with Gasteiger partial charge in [0.1, 0.15) is 12.4 Å². The summed E-state index contributed by atoms with van der Waals surface area (Å²) >= 11 is 5.43. The largest absolute Gasteiger partial charge is 0.492 e. The fourth-order valence-corrected chi connectivity index (χ4v) is 2.39. The maximum absolute atomic E-state index is 5.69. The monoisotopic (exact) mass is 314 g/mol. The molecule has 2 aromatic carbocycles. The fourth-order valence-electron chi connectivity index (χ4n) is 2.18. The van der Waals surface area contributed by atoms with Gasteiger partial charge in [-0.1, -0.05) is 24.3 Å². The zero-order valence-electron chi connectivity index (χ0n) is 13.3. The lowest BCUT2D eigenvalue weighted by molar-refractivity contribution is 0.285. The van der Waals surface area contributed by atoms with Crippen molar-refractivity contribution < 1.29 is 4.74 Å². The lowest BCUT2D eigenvalue weighted by Gasteiger charge is -2.21. The van der Waals surface area contributed by atoms with Gasteiger partial charge in [0.15, 0.2) is 5.11 Å². The van der Waals surface area contributed by atoms with E-state index in [1.54, 1.807) is 0 Å². The number of anilines is 1. The van der Waals surface area contributed by atoms with Crippen LogP contribution in [0.2, 0.25) is 0 Å². The lowest BCUT2D eigenvalue weighted by Crippen LogP contribution is -2.34. The van der Waals surface area contributed by atoms with Crippen molar-refractivity contribution in [2.75, 3.05) is 25.5 Å². The molecule has 0 aliphatic rings. The first-order chi connectivity index (χ1) is 10.5. The molecule has 1 N–H and O–H groups in total. The van der Waals surface area contributed by atoms with Crippen molar-refractivity contribution >= 4 is 23.0 Å². The topological polar surface area (TPSA) is 24.5 Å². The number of nitrogens with one attached hydrogen (secondary N) is 1. The van der Waals surface area contributed by atoms with Gasteiger partial charge in [-0.05, 0) is 61.5 Å². The molecule has 0 unspecified atom stereocenters. The Morgan fingerprint density at radius 3 is 2.36 bits per heavy atom. The molecule has 4 heteroatoms. The molecule has 2 aromatic rings. The van der Waals surface area contributed by atoms with Crippen LogP contribution in [-0.4, -0.2) is 30.2 Å². The van der Waals surface area contributed by atoms with Crippen LogP contribution in [0.3, 0.4) is 0 Å². The quantitative estimate of drug-likeness (QED) is 0.843. The molecule has 0 atom stereocenters. The molecular formula is C18H22N2OS. The first-order valence-corrected chi connectivity index (χ1v) is 7.73.